The van der Waals surface area contributed by atoms with Crippen LogP contribution in [-0.4, -0.2) is 32.7 Å². The summed E-state index contributed by atoms with van der Waals surface area (Å²) in [6, 6.07) is 7.22. The summed E-state index contributed by atoms with van der Waals surface area (Å²) < 4.78 is 13.7. The Kier molecular flexibility index (Phi) is 5.04. The number of allylic oxidation sites excluding steroid dienone is 2. The number of benzene rings is 1. The van der Waals surface area contributed by atoms with Crippen molar-refractivity contribution in [3.05, 3.63) is 47.8 Å². The van der Waals surface area contributed by atoms with E-state index in [1.165, 1.54) is 56.9 Å². The van der Waals surface area contributed by atoms with Gasteiger partial charge in [-0.2, -0.15) is 0 Å². The van der Waals surface area contributed by atoms with Crippen LogP contribution >= 0.6 is 0 Å². The van der Waals surface area contributed by atoms with Crippen LogP contribution in [0, 0.1) is 11.7 Å². The Hall–Kier alpha value is -1.19. The molecule has 2 aliphatic rings. The van der Waals surface area contributed by atoms with Crippen LogP contribution in [0.15, 0.2) is 36.4 Å². The molecule has 1 saturated heterocycles. The van der Waals surface area contributed by atoms with Crippen LogP contribution in [0.5, 0.6) is 0 Å². The third kappa shape index (κ3) is 4.14. The maximum Gasteiger partial charge on any atom is 0.132 e. The lowest BCUT2D eigenvalue weighted by Crippen LogP contribution is -3.27. The highest BCUT2D eigenvalue weighted by Gasteiger charge is 2.26. The van der Waals surface area contributed by atoms with Gasteiger partial charge in [-0.1, -0.05) is 30.4 Å². The van der Waals surface area contributed by atoms with E-state index in [1.54, 1.807) is 17.0 Å². The molecular weight excluding hydrogens is 263 g/mol. The lowest BCUT2D eigenvalue weighted by Gasteiger charge is -2.32. The quantitative estimate of drug-likeness (QED) is 0.746. The minimum atomic E-state index is -0.0474. The Morgan fingerprint density at radius 2 is 1.76 bits per heavy atom. The van der Waals surface area contributed by atoms with Crippen LogP contribution in [0.3, 0.4) is 0 Å². The number of halogens is 1. The second kappa shape index (κ2) is 7.19. The zero-order chi connectivity index (χ0) is 14.5. The molecule has 1 aromatic rings. The van der Waals surface area contributed by atoms with E-state index in [1.807, 2.05) is 12.1 Å². The molecule has 1 aliphatic carbocycles. The maximum atomic E-state index is 13.7. The maximum absolute atomic E-state index is 13.7. The second-order valence-corrected chi connectivity index (χ2v) is 6.62. The number of nitrogens with one attached hydrogen (secondary N) is 2. The molecule has 3 rings (SSSR count). The first-order valence-corrected chi connectivity index (χ1v) is 8.37. The van der Waals surface area contributed by atoms with E-state index in [0.717, 1.165) is 18.0 Å². The van der Waals surface area contributed by atoms with E-state index in [-0.39, 0.29) is 5.82 Å². The Labute approximate surface area is 127 Å². The minimum absolute atomic E-state index is 0.0474. The lowest BCUT2D eigenvalue weighted by atomic mass is 9.94. The fourth-order valence-corrected chi connectivity index (χ4v) is 3.70. The molecule has 114 valence electrons. The van der Waals surface area contributed by atoms with Crippen molar-refractivity contribution in [2.45, 2.75) is 25.8 Å². The summed E-state index contributed by atoms with van der Waals surface area (Å²) in [5.41, 5.74) is 0.869. The molecule has 1 aliphatic heterocycles. The molecule has 0 saturated carbocycles. The van der Waals surface area contributed by atoms with Crippen LogP contribution in [0.2, 0.25) is 0 Å². The summed E-state index contributed by atoms with van der Waals surface area (Å²) in [7, 11) is 0. The third-order valence-corrected chi connectivity index (χ3v) is 5.02. The second-order valence-electron chi connectivity index (χ2n) is 6.62. The van der Waals surface area contributed by atoms with Gasteiger partial charge >= 0.3 is 0 Å². The van der Waals surface area contributed by atoms with E-state index in [2.05, 4.69) is 12.2 Å². The average molecular weight is 290 g/mol. The van der Waals surface area contributed by atoms with E-state index in [9.17, 15) is 4.39 Å². The predicted molar refractivity (Wildman–Crippen MR) is 82.8 cm³/mol. The summed E-state index contributed by atoms with van der Waals surface area (Å²) in [6.07, 6.45) is 8.58. The molecular formula is C18H27FN2+2. The molecule has 0 aromatic heterocycles. The van der Waals surface area contributed by atoms with E-state index in [0.29, 0.717) is 0 Å². The fraction of sp³-hybridized carbons (Fsp3) is 0.556. The van der Waals surface area contributed by atoms with Crippen molar-refractivity contribution in [1.29, 1.82) is 0 Å². The van der Waals surface area contributed by atoms with Crippen LogP contribution in [-0.2, 0) is 6.54 Å². The molecule has 1 aromatic carbocycles. The van der Waals surface area contributed by atoms with Gasteiger partial charge in [-0.05, 0) is 25.3 Å². The summed E-state index contributed by atoms with van der Waals surface area (Å²) in [4.78, 5) is 3.29. The van der Waals surface area contributed by atoms with Crippen molar-refractivity contribution in [2.24, 2.45) is 5.92 Å². The molecule has 1 fully saturated rings. The first-order valence-electron chi connectivity index (χ1n) is 8.37. The highest BCUT2D eigenvalue weighted by molar-refractivity contribution is 5.15. The van der Waals surface area contributed by atoms with Crippen molar-refractivity contribution >= 4 is 0 Å². The number of hydrogen-bond donors (Lipinski definition) is 2. The van der Waals surface area contributed by atoms with Crippen molar-refractivity contribution < 1.29 is 14.2 Å². The van der Waals surface area contributed by atoms with Gasteiger partial charge in [-0.3, -0.25) is 0 Å². The molecule has 2 N–H and O–H groups in total. The normalized spacial score (nSPS) is 29.5. The topological polar surface area (TPSA) is 8.88 Å². The summed E-state index contributed by atoms with van der Waals surface area (Å²) in [5, 5.41) is 0. The van der Waals surface area contributed by atoms with E-state index < -0.39 is 0 Å². The number of quaternary nitrogens is 2. The molecule has 3 heteroatoms. The Bertz CT molecular complexity index is 478. The molecule has 0 radical (unpaired) electrons. The number of rotatable bonds is 4. The minimum Gasteiger partial charge on any atom is -0.325 e. The van der Waals surface area contributed by atoms with Gasteiger partial charge in [0.25, 0.3) is 0 Å². The van der Waals surface area contributed by atoms with Crippen LogP contribution in [0.25, 0.3) is 0 Å². The Morgan fingerprint density at radius 1 is 1.00 bits per heavy atom. The molecule has 21 heavy (non-hydrogen) atoms. The van der Waals surface area contributed by atoms with Gasteiger partial charge in [0.05, 0.1) is 6.54 Å². The number of hydrogen-bond acceptors (Lipinski definition) is 0. The van der Waals surface area contributed by atoms with Crippen molar-refractivity contribution in [2.75, 3.05) is 32.7 Å². The van der Waals surface area contributed by atoms with Gasteiger partial charge in [0.1, 0.15) is 38.5 Å². The molecule has 1 atom stereocenters. The Morgan fingerprint density at radius 3 is 2.48 bits per heavy atom. The highest BCUT2D eigenvalue weighted by atomic mass is 19.1. The van der Waals surface area contributed by atoms with Gasteiger partial charge in [0, 0.05) is 11.5 Å². The summed E-state index contributed by atoms with van der Waals surface area (Å²) in [6.45, 7) is 7.00. The molecule has 0 bridgehead atoms. The van der Waals surface area contributed by atoms with Crippen LogP contribution in [0.1, 0.15) is 24.8 Å². The third-order valence-electron chi connectivity index (χ3n) is 5.02. The number of piperazine rings is 1. The predicted octanol–water partition coefficient (Wildman–Crippen LogP) is 0.465. The molecule has 2 nitrogen and oxygen atoms in total. The van der Waals surface area contributed by atoms with Crippen molar-refractivity contribution in [3.8, 4) is 0 Å². The van der Waals surface area contributed by atoms with Gasteiger partial charge < -0.3 is 9.80 Å². The first-order chi connectivity index (χ1) is 10.3. The Balaban J connectivity index is 1.44. The monoisotopic (exact) mass is 290 g/mol. The highest BCUT2D eigenvalue weighted by Crippen LogP contribution is 2.15. The van der Waals surface area contributed by atoms with E-state index >= 15 is 0 Å². The van der Waals surface area contributed by atoms with Gasteiger partial charge in [-0.15, -0.1) is 0 Å². The lowest BCUT2D eigenvalue weighted by molar-refractivity contribution is -1.02. The standard InChI is InChI=1S/C18H25FN2/c19-18-9-5-4-8-17(18)15-21-12-10-20(11-13-21)14-16-6-2-1-3-7-16/h1-2,4-5,8-9,16H,3,6-7,10-15H2/p+2/t16-/m0/s1. The first kappa shape index (κ1) is 14.7. The molecule has 0 amide bonds. The SMILES string of the molecule is Fc1ccccc1C[NH+]1CC[NH+](C[C@H]2CC=CCC2)CC1. The molecule has 1 heterocycles. The smallest absolute Gasteiger partial charge is 0.132 e. The fourth-order valence-electron chi connectivity index (χ4n) is 3.70. The zero-order valence-electron chi connectivity index (χ0n) is 12.8. The molecule has 0 spiro atoms. The largest absolute Gasteiger partial charge is 0.325 e. The summed E-state index contributed by atoms with van der Waals surface area (Å²) in [5.74, 6) is 0.840. The molecule has 0 unspecified atom stereocenters. The van der Waals surface area contributed by atoms with Gasteiger partial charge in [0.15, 0.2) is 0 Å². The van der Waals surface area contributed by atoms with Gasteiger partial charge in [0.2, 0.25) is 0 Å². The van der Waals surface area contributed by atoms with Crippen molar-refractivity contribution in [1.82, 2.24) is 0 Å². The summed E-state index contributed by atoms with van der Waals surface area (Å²) >= 11 is 0. The zero-order valence-corrected chi connectivity index (χ0v) is 12.8. The van der Waals surface area contributed by atoms with E-state index in [4.69, 9.17) is 0 Å². The van der Waals surface area contributed by atoms with Crippen LogP contribution < -0.4 is 9.80 Å². The van der Waals surface area contributed by atoms with Crippen LogP contribution in [0.4, 0.5) is 4.39 Å². The van der Waals surface area contributed by atoms with Crippen molar-refractivity contribution in [3.63, 3.8) is 0 Å². The average Bonchev–Trinajstić information content (AvgIpc) is 2.52. The van der Waals surface area contributed by atoms with Gasteiger partial charge in [-0.25, -0.2) is 4.39 Å².